The largest absolute Gasteiger partial charge is 0.497 e. The van der Waals surface area contributed by atoms with Crippen LogP contribution in [0.25, 0.3) is 5.69 Å². The van der Waals surface area contributed by atoms with E-state index in [9.17, 15) is 14.4 Å². The molecule has 0 aliphatic heterocycles. The van der Waals surface area contributed by atoms with Crippen molar-refractivity contribution >= 4 is 5.91 Å². The molecule has 1 N–H and O–H groups in total. The number of ether oxygens (including phenoxy) is 1. The molecule has 0 saturated heterocycles. The number of methoxy groups -OCH3 is 1. The normalized spacial score (nSPS) is 10.5. The van der Waals surface area contributed by atoms with Crippen LogP contribution in [0.5, 0.6) is 5.75 Å². The van der Waals surface area contributed by atoms with E-state index in [2.05, 4.69) is 5.32 Å². The number of hydrogen-bond acceptors (Lipinski definition) is 4. The molecule has 7 nitrogen and oxygen atoms in total. The topological polar surface area (TPSA) is 82.3 Å². The number of benzene rings is 2. The van der Waals surface area contributed by atoms with Crippen LogP contribution in [0, 0.1) is 6.92 Å². The fourth-order valence-corrected chi connectivity index (χ4v) is 2.70. The summed E-state index contributed by atoms with van der Waals surface area (Å²) in [6, 6.07) is 14.5. The van der Waals surface area contributed by atoms with Crippen LogP contribution in [0.1, 0.15) is 11.1 Å². The molecule has 7 heteroatoms. The molecule has 2 aromatic carbocycles. The van der Waals surface area contributed by atoms with Crippen molar-refractivity contribution in [3.63, 3.8) is 0 Å². The zero-order valence-corrected chi connectivity index (χ0v) is 15.7. The molecule has 0 fully saturated rings. The highest BCUT2D eigenvalue weighted by molar-refractivity contribution is 5.75. The molecule has 0 aliphatic carbocycles. The van der Waals surface area contributed by atoms with E-state index in [0.717, 1.165) is 15.7 Å². The SMILES string of the molecule is COc1ccc(-n2ccn(CC(=O)NCc3ccc(C)cc3)c(=O)c2=O)cc1. The first-order chi connectivity index (χ1) is 13.5. The maximum atomic E-state index is 12.4. The standard InChI is InChI=1S/C21H21N3O4/c1-15-3-5-16(6-4-15)13-22-19(25)14-23-11-12-24(21(27)20(23)26)17-7-9-18(28-2)10-8-17/h3-12H,13-14H2,1-2H3,(H,22,25). The van der Waals surface area contributed by atoms with Gasteiger partial charge in [0.05, 0.1) is 7.11 Å². The van der Waals surface area contributed by atoms with Gasteiger partial charge >= 0.3 is 11.1 Å². The Hall–Kier alpha value is -3.61. The van der Waals surface area contributed by atoms with Crippen molar-refractivity contribution in [1.82, 2.24) is 14.5 Å². The van der Waals surface area contributed by atoms with E-state index in [1.165, 1.54) is 17.0 Å². The predicted octanol–water partition coefficient (Wildman–Crippen LogP) is 1.63. The second-order valence-corrected chi connectivity index (χ2v) is 6.37. The van der Waals surface area contributed by atoms with Gasteiger partial charge in [0.25, 0.3) is 0 Å². The molecule has 28 heavy (non-hydrogen) atoms. The molecule has 0 bridgehead atoms. The first-order valence-electron chi connectivity index (χ1n) is 8.76. The summed E-state index contributed by atoms with van der Waals surface area (Å²) in [5.41, 5.74) is 1.15. The number of rotatable bonds is 6. The average molecular weight is 379 g/mol. The quantitative estimate of drug-likeness (QED) is 0.660. The molecule has 3 rings (SSSR count). The van der Waals surface area contributed by atoms with Gasteiger partial charge in [-0.1, -0.05) is 29.8 Å². The number of nitrogens with one attached hydrogen (secondary N) is 1. The molecule has 0 unspecified atom stereocenters. The molecular weight excluding hydrogens is 358 g/mol. The second-order valence-electron chi connectivity index (χ2n) is 6.37. The van der Waals surface area contributed by atoms with Crippen LogP contribution in [0.3, 0.4) is 0 Å². The number of amides is 1. The monoisotopic (exact) mass is 379 g/mol. The Bertz CT molecular complexity index is 1080. The van der Waals surface area contributed by atoms with Gasteiger partial charge in [-0.3, -0.25) is 23.5 Å². The van der Waals surface area contributed by atoms with Crippen LogP contribution in [-0.2, 0) is 17.9 Å². The van der Waals surface area contributed by atoms with E-state index < -0.39 is 11.1 Å². The minimum absolute atomic E-state index is 0.219. The lowest BCUT2D eigenvalue weighted by Crippen LogP contribution is -2.42. The highest BCUT2D eigenvalue weighted by atomic mass is 16.5. The van der Waals surface area contributed by atoms with Crippen molar-refractivity contribution < 1.29 is 9.53 Å². The Morgan fingerprint density at radius 1 is 0.964 bits per heavy atom. The fraction of sp³-hybridized carbons (Fsp3) is 0.190. The average Bonchev–Trinajstić information content (AvgIpc) is 2.71. The fourth-order valence-electron chi connectivity index (χ4n) is 2.70. The first-order valence-corrected chi connectivity index (χ1v) is 8.76. The maximum Gasteiger partial charge on any atom is 0.320 e. The zero-order valence-electron chi connectivity index (χ0n) is 15.7. The van der Waals surface area contributed by atoms with Gasteiger partial charge < -0.3 is 10.1 Å². The van der Waals surface area contributed by atoms with Gasteiger partial charge in [-0.15, -0.1) is 0 Å². The third-order valence-electron chi connectivity index (χ3n) is 4.33. The van der Waals surface area contributed by atoms with Crippen LogP contribution < -0.4 is 21.2 Å². The summed E-state index contributed by atoms with van der Waals surface area (Å²) in [5, 5.41) is 2.75. The number of aromatic nitrogens is 2. The number of carbonyl (C=O) groups excluding carboxylic acids is 1. The van der Waals surface area contributed by atoms with Crippen molar-refractivity contribution in [3.05, 3.63) is 92.8 Å². The summed E-state index contributed by atoms with van der Waals surface area (Å²) in [7, 11) is 1.55. The molecule has 3 aromatic rings. The van der Waals surface area contributed by atoms with Gasteiger partial charge in [0.15, 0.2) is 0 Å². The van der Waals surface area contributed by atoms with Crippen LogP contribution in [-0.4, -0.2) is 22.2 Å². The molecule has 0 aliphatic rings. The van der Waals surface area contributed by atoms with E-state index in [1.54, 1.807) is 31.4 Å². The number of nitrogens with zero attached hydrogens (tertiary/aromatic N) is 2. The van der Waals surface area contributed by atoms with Crippen molar-refractivity contribution in [2.45, 2.75) is 20.0 Å². The minimum Gasteiger partial charge on any atom is -0.497 e. The van der Waals surface area contributed by atoms with Crippen LogP contribution >= 0.6 is 0 Å². The molecular formula is C21H21N3O4. The highest BCUT2D eigenvalue weighted by Gasteiger charge is 2.10. The van der Waals surface area contributed by atoms with E-state index >= 15 is 0 Å². The Kier molecular flexibility index (Phi) is 5.74. The summed E-state index contributed by atoms with van der Waals surface area (Å²) in [6.07, 6.45) is 2.90. The highest BCUT2D eigenvalue weighted by Crippen LogP contribution is 2.13. The third kappa shape index (κ3) is 4.37. The lowest BCUT2D eigenvalue weighted by molar-refractivity contribution is -0.121. The summed E-state index contributed by atoms with van der Waals surface area (Å²) >= 11 is 0. The van der Waals surface area contributed by atoms with Gasteiger partial charge in [0, 0.05) is 24.6 Å². The van der Waals surface area contributed by atoms with E-state index in [-0.39, 0.29) is 12.5 Å². The van der Waals surface area contributed by atoms with E-state index in [4.69, 9.17) is 4.74 Å². The molecule has 1 heterocycles. The van der Waals surface area contributed by atoms with Crippen molar-refractivity contribution in [3.8, 4) is 11.4 Å². The smallest absolute Gasteiger partial charge is 0.320 e. The van der Waals surface area contributed by atoms with Crippen molar-refractivity contribution in [1.29, 1.82) is 0 Å². The molecule has 0 saturated carbocycles. The minimum atomic E-state index is -0.760. The molecule has 0 spiro atoms. The summed E-state index contributed by atoms with van der Waals surface area (Å²) < 4.78 is 7.43. The number of aryl methyl sites for hydroxylation is 1. The number of hydrogen-bond donors (Lipinski definition) is 1. The third-order valence-corrected chi connectivity index (χ3v) is 4.33. The van der Waals surface area contributed by atoms with Crippen molar-refractivity contribution in [2.75, 3.05) is 7.11 Å². The lowest BCUT2D eigenvalue weighted by atomic mass is 10.1. The summed E-state index contributed by atoms with van der Waals surface area (Å²) in [6.45, 7) is 2.13. The predicted molar refractivity (Wildman–Crippen MR) is 106 cm³/mol. The van der Waals surface area contributed by atoms with Gasteiger partial charge in [-0.25, -0.2) is 0 Å². The Labute approximate surface area is 161 Å². The molecule has 1 amide bonds. The summed E-state index contributed by atoms with van der Waals surface area (Å²) in [5.74, 6) is 0.305. The Balaban J connectivity index is 1.71. The van der Waals surface area contributed by atoms with Gasteiger partial charge in [-0.2, -0.15) is 0 Å². The van der Waals surface area contributed by atoms with Crippen molar-refractivity contribution in [2.24, 2.45) is 0 Å². The Morgan fingerprint density at radius 2 is 1.64 bits per heavy atom. The Morgan fingerprint density at radius 3 is 2.29 bits per heavy atom. The summed E-state index contributed by atoms with van der Waals surface area (Å²) in [4.78, 5) is 36.9. The van der Waals surface area contributed by atoms with Gasteiger partial charge in [0.2, 0.25) is 5.91 Å². The molecule has 144 valence electrons. The van der Waals surface area contributed by atoms with Crippen LogP contribution in [0.4, 0.5) is 0 Å². The maximum absolute atomic E-state index is 12.4. The van der Waals surface area contributed by atoms with E-state index in [0.29, 0.717) is 18.0 Å². The second kappa shape index (κ2) is 8.39. The van der Waals surface area contributed by atoms with Gasteiger partial charge in [0.1, 0.15) is 12.3 Å². The first kappa shape index (κ1) is 19.2. The lowest BCUT2D eigenvalue weighted by Gasteiger charge is -2.10. The van der Waals surface area contributed by atoms with Gasteiger partial charge in [-0.05, 0) is 36.8 Å². The zero-order chi connectivity index (χ0) is 20.1. The van der Waals surface area contributed by atoms with Crippen LogP contribution in [0.15, 0.2) is 70.5 Å². The van der Waals surface area contributed by atoms with Crippen LogP contribution in [0.2, 0.25) is 0 Å². The number of carbonyl (C=O) groups is 1. The molecule has 0 atom stereocenters. The molecule has 0 radical (unpaired) electrons. The van der Waals surface area contributed by atoms with E-state index in [1.807, 2.05) is 31.2 Å². The molecule has 1 aromatic heterocycles.